The lowest BCUT2D eigenvalue weighted by Gasteiger charge is -2.22. The summed E-state index contributed by atoms with van der Waals surface area (Å²) in [6.07, 6.45) is 0. The monoisotopic (exact) mass is 585 g/mol. The van der Waals surface area contributed by atoms with E-state index in [1.165, 1.54) is 76.9 Å². The number of rotatable bonds is 3. The molecule has 1 aliphatic heterocycles. The van der Waals surface area contributed by atoms with Gasteiger partial charge in [-0.3, -0.25) is 0 Å². The van der Waals surface area contributed by atoms with Crippen molar-refractivity contribution in [2.24, 2.45) is 0 Å². The van der Waals surface area contributed by atoms with Gasteiger partial charge in [0.15, 0.2) is 0 Å². The third-order valence-corrected chi connectivity index (χ3v) is 9.55. The first-order valence-electron chi connectivity index (χ1n) is 15.8. The van der Waals surface area contributed by atoms with Crippen molar-refractivity contribution in [1.29, 1.82) is 0 Å². The van der Waals surface area contributed by atoms with Crippen LogP contribution in [0.3, 0.4) is 0 Å². The molecule has 1 aromatic heterocycles. The van der Waals surface area contributed by atoms with Gasteiger partial charge in [-0.1, -0.05) is 109 Å². The van der Waals surface area contributed by atoms with Gasteiger partial charge in [0.05, 0.1) is 11.0 Å². The Morgan fingerprint density at radius 3 is 1.96 bits per heavy atom. The molecule has 0 atom stereocenters. The van der Waals surface area contributed by atoms with Gasteiger partial charge in [-0.25, -0.2) is 0 Å². The lowest BCUT2D eigenvalue weighted by atomic mass is 9.91. The van der Waals surface area contributed by atoms with Crippen LogP contribution in [0.5, 0.6) is 11.5 Å². The van der Waals surface area contributed by atoms with Gasteiger partial charge in [-0.05, 0) is 98.6 Å². The summed E-state index contributed by atoms with van der Waals surface area (Å²) in [5.74, 6) is 1.82. The van der Waals surface area contributed by atoms with Crippen molar-refractivity contribution in [2.75, 3.05) is 0 Å². The SMILES string of the molecule is c1ccc(-n2c3ccc(-c4cccc(-c5ccc6c(c5)-c5cccc7cccc(c57)O6)c4)cc3c3c4ccccc4ccc32)cc1. The van der Waals surface area contributed by atoms with Crippen molar-refractivity contribution in [3.05, 3.63) is 164 Å². The Kier molecular flexibility index (Phi) is 5.31. The minimum atomic E-state index is 0.901. The predicted molar refractivity (Wildman–Crippen MR) is 192 cm³/mol. The van der Waals surface area contributed by atoms with Crippen LogP contribution in [0.15, 0.2) is 164 Å². The quantitative estimate of drug-likeness (QED) is 0.201. The Hall–Kier alpha value is -6.12. The summed E-state index contributed by atoms with van der Waals surface area (Å²) in [4.78, 5) is 0. The molecule has 0 bridgehead atoms. The number of hydrogen-bond donors (Lipinski definition) is 0. The maximum atomic E-state index is 6.37. The van der Waals surface area contributed by atoms with Crippen LogP contribution in [0.1, 0.15) is 0 Å². The van der Waals surface area contributed by atoms with E-state index in [-0.39, 0.29) is 0 Å². The lowest BCUT2D eigenvalue weighted by Crippen LogP contribution is -1.97. The summed E-state index contributed by atoms with van der Waals surface area (Å²) >= 11 is 0. The molecule has 8 aromatic carbocycles. The normalized spacial score (nSPS) is 12.1. The van der Waals surface area contributed by atoms with Gasteiger partial charge in [0.25, 0.3) is 0 Å². The molecule has 0 saturated carbocycles. The molecule has 0 N–H and O–H groups in total. The van der Waals surface area contributed by atoms with Gasteiger partial charge < -0.3 is 9.30 Å². The minimum Gasteiger partial charge on any atom is -0.456 e. The first-order chi connectivity index (χ1) is 22.8. The molecular weight excluding hydrogens is 558 g/mol. The fraction of sp³-hybridized carbons (Fsp3) is 0. The first-order valence-corrected chi connectivity index (χ1v) is 15.8. The second-order valence-corrected chi connectivity index (χ2v) is 12.1. The summed E-state index contributed by atoms with van der Waals surface area (Å²) in [6, 6.07) is 59.1. The summed E-state index contributed by atoms with van der Waals surface area (Å²) in [5.41, 5.74) is 10.7. The smallest absolute Gasteiger partial charge is 0.135 e. The van der Waals surface area contributed by atoms with E-state index in [0.717, 1.165) is 17.1 Å². The molecule has 0 unspecified atom stereocenters. The third kappa shape index (κ3) is 3.71. The van der Waals surface area contributed by atoms with Crippen molar-refractivity contribution in [2.45, 2.75) is 0 Å². The van der Waals surface area contributed by atoms with E-state index in [1.807, 2.05) is 0 Å². The average Bonchev–Trinajstić information content (AvgIpc) is 3.46. The van der Waals surface area contributed by atoms with Gasteiger partial charge in [0.2, 0.25) is 0 Å². The van der Waals surface area contributed by atoms with Crippen LogP contribution < -0.4 is 4.74 Å². The highest BCUT2D eigenvalue weighted by atomic mass is 16.5. The summed E-state index contributed by atoms with van der Waals surface area (Å²) < 4.78 is 8.77. The molecule has 0 fully saturated rings. The van der Waals surface area contributed by atoms with E-state index in [0.29, 0.717) is 0 Å². The van der Waals surface area contributed by atoms with Crippen LogP contribution in [0.25, 0.3) is 82.4 Å². The molecule has 46 heavy (non-hydrogen) atoms. The average molecular weight is 586 g/mol. The second kappa shape index (κ2) is 9.69. The molecule has 9 aromatic rings. The third-order valence-electron chi connectivity index (χ3n) is 9.55. The largest absolute Gasteiger partial charge is 0.456 e. The summed E-state index contributed by atoms with van der Waals surface area (Å²) in [7, 11) is 0. The van der Waals surface area contributed by atoms with Crippen LogP contribution in [0.4, 0.5) is 0 Å². The van der Waals surface area contributed by atoms with Gasteiger partial charge in [-0.2, -0.15) is 0 Å². The van der Waals surface area contributed by atoms with E-state index in [1.54, 1.807) is 0 Å². The van der Waals surface area contributed by atoms with E-state index in [9.17, 15) is 0 Å². The molecule has 0 amide bonds. The molecule has 10 rings (SSSR count). The molecule has 1 aliphatic rings. The number of para-hydroxylation sites is 1. The van der Waals surface area contributed by atoms with Crippen LogP contribution in [-0.2, 0) is 0 Å². The fourth-order valence-corrected chi connectivity index (χ4v) is 7.45. The van der Waals surface area contributed by atoms with Crippen LogP contribution in [-0.4, -0.2) is 4.57 Å². The van der Waals surface area contributed by atoms with Gasteiger partial charge in [0.1, 0.15) is 11.5 Å². The van der Waals surface area contributed by atoms with Gasteiger partial charge in [0, 0.05) is 27.4 Å². The van der Waals surface area contributed by atoms with E-state index < -0.39 is 0 Å². The highest BCUT2D eigenvalue weighted by Crippen LogP contribution is 2.47. The number of benzene rings is 8. The van der Waals surface area contributed by atoms with Crippen LogP contribution in [0.2, 0.25) is 0 Å². The van der Waals surface area contributed by atoms with Crippen molar-refractivity contribution >= 4 is 43.4 Å². The van der Waals surface area contributed by atoms with Crippen LogP contribution in [0, 0.1) is 0 Å². The van der Waals surface area contributed by atoms with Crippen molar-refractivity contribution in [3.63, 3.8) is 0 Å². The molecule has 2 heterocycles. The van der Waals surface area contributed by atoms with Crippen LogP contribution >= 0.6 is 0 Å². The fourth-order valence-electron chi connectivity index (χ4n) is 7.45. The van der Waals surface area contributed by atoms with E-state index in [2.05, 4.69) is 168 Å². The second-order valence-electron chi connectivity index (χ2n) is 12.1. The summed E-state index contributed by atoms with van der Waals surface area (Å²) in [5, 5.41) is 7.46. The zero-order valence-electron chi connectivity index (χ0n) is 24.9. The van der Waals surface area contributed by atoms with Crippen molar-refractivity contribution < 1.29 is 4.74 Å². The molecule has 0 aliphatic carbocycles. The molecule has 0 saturated heterocycles. The molecule has 214 valence electrons. The standard InChI is InChI=1S/C44H27NO/c1-2-14-34(15-3-1)45-39-22-20-32(27-38(39)44-35-16-5-4-9-28(35)19-23-40(44)45)30-12-6-13-31(25-30)33-21-24-41-37(26-33)36-17-7-10-29-11-8-18-42(46-41)43(29)36/h1-27H. The first kappa shape index (κ1) is 25.2. The molecule has 2 nitrogen and oxygen atoms in total. The lowest BCUT2D eigenvalue weighted by molar-refractivity contribution is 0.487. The van der Waals surface area contributed by atoms with Crippen molar-refractivity contribution in [3.8, 4) is 50.6 Å². The Balaban J connectivity index is 1.14. The van der Waals surface area contributed by atoms with Crippen molar-refractivity contribution in [1.82, 2.24) is 4.57 Å². The zero-order valence-corrected chi connectivity index (χ0v) is 24.9. The maximum absolute atomic E-state index is 6.37. The predicted octanol–water partition coefficient (Wildman–Crippen LogP) is 12.2. The summed E-state index contributed by atoms with van der Waals surface area (Å²) in [6.45, 7) is 0. The van der Waals surface area contributed by atoms with E-state index in [4.69, 9.17) is 4.74 Å². The Labute approximate surface area is 266 Å². The Morgan fingerprint density at radius 1 is 0.370 bits per heavy atom. The van der Waals surface area contributed by atoms with Gasteiger partial charge >= 0.3 is 0 Å². The van der Waals surface area contributed by atoms with E-state index >= 15 is 0 Å². The number of nitrogens with zero attached hydrogens (tertiary/aromatic N) is 1. The highest BCUT2D eigenvalue weighted by molar-refractivity contribution is 6.22. The minimum absolute atomic E-state index is 0.901. The number of aromatic nitrogens is 1. The molecule has 0 radical (unpaired) electrons. The molecule has 0 spiro atoms. The maximum Gasteiger partial charge on any atom is 0.135 e. The molecule has 2 heteroatoms. The Bertz CT molecular complexity index is 2660. The zero-order chi connectivity index (χ0) is 30.2. The number of fused-ring (bicyclic) bond motifs is 7. The molecular formula is C44H27NO. The highest BCUT2D eigenvalue weighted by Gasteiger charge is 2.21. The topological polar surface area (TPSA) is 14.2 Å². The van der Waals surface area contributed by atoms with Gasteiger partial charge in [-0.15, -0.1) is 0 Å². The Morgan fingerprint density at radius 2 is 1.07 bits per heavy atom. The number of ether oxygens (including phenoxy) is 1. The number of hydrogen-bond acceptors (Lipinski definition) is 1.